The Kier molecular flexibility index (Phi) is 16.1. The molecular formula is C64H79N11O10S. The van der Waals surface area contributed by atoms with E-state index in [2.05, 4.69) is 76.8 Å². The van der Waals surface area contributed by atoms with Crippen molar-refractivity contribution in [3.05, 3.63) is 124 Å². The molecule has 0 radical (unpaired) electrons. The van der Waals surface area contributed by atoms with Gasteiger partial charge in [-0.15, -0.1) is 0 Å². The Bertz CT molecular complexity index is 3590. The molecule has 6 aromatic rings. The monoisotopic (exact) mass is 1190 g/mol. The van der Waals surface area contributed by atoms with Crippen LogP contribution in [0.15, 0.2) is 96.2 Å². The van der Waals surface area contributed by atoms with E-state index in [0.717, 1.165) is 125 Å². The molecule has 7 aliphatic rings. The van der Waals surface area contributed by atoms with Crippen molar-refractivity contribution in [3.8, 4) is 11.6 Å². The zero-order valence-electron chi connectivity index (χ0n) is 49.4. The van der Waals surface area contributed by atoms with E-state index in [-0.39, 0.29) is 40.8 Å². The van der Waals surface area contributed by atoms with Gasteiger partial charge in [0, 0.05) is 114 Å². The second-order valence-electron chi connectivity index (χ2n) is 25.3. The Balaban J connectivity index is 0.742. The number of hydrogen-bond acceptors (Lipinski definition) is 18. The topological polar surface area (TPSA) is 233 Å². The van der Waals surface area contributed by atoms with Gasteiger partial charge in [-0.3, -0.25) is 24.7 Å². The maximum absolute atomic E-state index is 14.9. The number of rotatable bonds is 15. The minimum atomic E-state index is -4.65. The number of nitrogens with zero attached hydrogens (tertiary/aromatic N) is 8. The number of nitro benzene ring substituents is 1. The second-order valence-corrected chi connectivity index (χ2v) is 27.0. The molecule has 22 heteroatoms. The summed E-state index contributed by atoms with van der Waals surface area (Å²) < 4.78 is 55.2. The number of aromatic nitrogens is 3. The summed E-state index contributed by atoms with van der Waals surface area (Å²) in [6.07, 6.45) is 11.6. The number of sulfonamides is 1. The predicted molar refractivity (Wildman–Crippen MR) is 328 cm³/mol. The Morgan fingerprint density at radius 2 is 1.66 bits per heavy atom. The summed E-state index contributed by atoms with van der Waals surface area (Å²) in [6.45, 7) is 13.6. The van der Waals surface area contributed by atoms with Crippen LogP contribution in [0.5, 0.6) is 11.6 Å². The van der Waals surface area contributed by atoms with E-state index in [9.17, 15) is 28.4 Å². The molecule has 8 heterocycles. The minimum Gasteiger partial charge on any atom is -0.493 e. The van der Waals surface area contributed by atoms with Gasteiger partial charge in [-0.1, -0.05) is 24.3 Å². The first kappa shape index (κ1) is 58.0. The number of benzene rings is 3. The van der Waals surface area contributed by atoms with Gasteiger partial charge in [-0.05, 0) is 148 Å². The number of hydrogen-bond donors (Lipinski definition) is 4. The Morgan fingerprint density at radius 3 is 2.44 bits per heavy atom. The number of aromatic amines is 1. The van der Waals surface area contributed by atoms with Gasteiger partial charge in [0.25, 0.3) is 21.6 Å². The lowest BCUT2D eigenvalue weighted by molar-refractivity contribution is -0.384. The second kappa shape index (κ2) is 23.9. The molecule has 3 aromatic carbocycles. The SMILES string of the molecule is COc1cc(CN2CCN(C3CC4(CCN(c5ccc(C(=O)NS(=O)(=O)c6ccc(NCC7CCC(C)(O)CC7)c([N+](=O)[O-])c6)c(N6c7cc8cc[nH]c8nc7O[C@@H]7CCOCC[C@H]76)c5)CC4)C3)[C@H](c3ccccc3C)C2)cnc1N1CCOCC1. The summed E-state index contributed by atoms with van der Waals surface area (Å²) in [4.78, 5) is 51.5. The molecule has 456 valence electrons. The number of methoxy groups -OCH3 is 1. The Labute approximate surface area is 502 Å². The largest absolute Gasteiger partial charge is 0.493 e. The van der Waals surface area contributed by atoms with Gasteiger partial charge in [0.15, 0.2) is 11.6 Å². The predicted octanol–water partition coefficient (Wildman–Crippen LogP) is 8.88. The van der Waals surface area contributed by atoms with Crippen molar-refractivity contribution in [1.82, 2.24) is 29.5 Å². The lowest BCUT2D eigenvalue weighted by atomic mass is 9.59. The van der Waals surface area contributed by atoms with Gasteiger partial charge >= 0.3 is 0 Å². The Morgan fingerprint density at radius 1 is 0.884 bits per heavy atom. The Hall–Kier alpha value is -7.08. The van der Waals surface area contributed by atoms with Crippen molar-refractivity contribution in [3.63, 3.8) is 0 Å². The number of nitro groups is 1. The van der Waals surface area contributed by atoms with E-state index in [1.165, 1.54) is 23.3 Å². The molecule has 3 aromatic heterocycles. The summed E-state index contributed by atoms with van der Waals surface area (Å²) in [5.74, 6) is 1.37. The lowest BCUT2D eigenvalue weighted by Gasteiger charge is -2.58. The summed E-state index contributed by atoms with van der Waals surface area (Å²) in [5.41, 5.74) is 5.85. The number of ether oxygens (including phenoxy) is 4. The molecule has 4 saturated heterocycles. The highest BCUT2D eigenvalue weighted by Gasteiger charge is 2.50. The van der Waals surface area contributed by atoms with Crippen LogP contribution in [0.2, 0.25) is 0 Å². The summed E-state index contributed by atoms with van der Waals surface area (Å²) in [7, 11) is -2.93. The van der Waals surface area contributed by atoms with E-state index >= 15 is 0 Å². The quantitative estimate of drug-likeness (QED) is 0.0555. The molecule has 6 fully saturated rings. The van der Waals surface area contributed by atoms with Gasteiger partial charge in [0.05, 0.1) is 59.6 Å². The molecule has 5 aliphatic heterocycles. The molecule has 2 aliphatic carbocycles. The highest BCUT2D eigenvalue weighted by atomic mass is 32.2. The maximum Gasteiger partial charge on any atom is 0.293 e. The van der Waals surface area contributed by atoms with Crippen molar-refractivity contribution < 1.29 is 42.2 Å². The van der Waals surface area contributed by atoms with E-state index in [4.69, 9.17) is 28.9 Å². The number of aliphatic hydroxyl groups is 1. The number of fused-ring (bicyclic) bond motifs is 3. The average Bonchev–Trinajstić information content (AvgIpc) is 1.23. The van der Waals surface area contributed by atoms with E-state index < -0.39 is 37.0 Å². The zero-order valence-corrected chi connectivity index (χ0v) is 50.2. The molecule has 1 amide bonds. The van der Waals surface area contributed by atoms with Crippen molar-refractivity contribution >= 4 is 61.2 Å². The molecule has 13 rings (SSSR count). The first-order valence-electron chi connectivity index (χ1n) is 30.7. The highest BCUT2D eigenvalue weighted by Crippen LogP contribution is 2.54. The molecule has 4 N–H and O–H groups in total. The van der Waals surface area contributed by atoms with Crippen LogP contribution in [-0.2, 0) is 26.0 Å². The normalized spacial score (nSPS) is 24.7. The molecule has 3 atom stereocenters. The number of amides is 1. The maximum atomic E-state index is 14.9. The number of morpholine rings is 1. The minimum absolute atomic E-state index is 0.110. The van der Waals surface area contributed by atoms with Gasteiger partial charge in [0.2, 0.25) is 5.88 Å². The number of piperazine rings is 1. The first-order chi connectivity index (χ1) is 41.6. The van der Waals surface area contributed by atoms with Crippen molar-refractivity contribution in [2.75, 3.05) is 106 Å². The number of carbonyl (C=O) groups is 1. The number of pyridine rings is 2. The number of H-pyrrole nitrogens is 1. The highest BCUT2D eigenvalue weighted by molar-refractivity contribution is 7.90. The van der Waals surface area contributed by atoms with Crippen molar-refractivity contribution in [2.24, 2.45) is 11.3 Å². The van der Waals surface area contributed by atoms with Crippen LogP contribution >= 0.6 is 0 Å². The van der Waals surface area contributed by atoms with Gasteiger partial charge in [-0.2, -0.15) is 4.98 Å². The van der Waals surface area contributed by atoms with E-state index in [1.807, 2.05) is 43.6 Å². The fraction of sp³-hybridized carbons (Fsp3) is 0.516. The molecule has 2 saturated carbocycles. The van der Waals surface area contributed by atoms with Gasteiger partial charge < -0.3 is 49.1 Å². The smallest absolute Gasteiger partial charge is 0.293 e. The number of aryl methyl sites for hydroxylation is 1. The number of carbonyl (C=O) groups excluding carboxylic acids is 1. The van der Waals surface area contributed by atoms with E-state index in [1.54, 1.807) is 13.2 Å². The fourth-order valence-corrected chi connectivity index (χ4v) is 15.7. The molecule has 0 unspecified atom stereocenters. The van der Waals surface area contributed by atoms with Crippen LogP contribution < -0.4 is 34.2 Å². The van der Waals surface area contributed by atoms with Crippen molar-refractivity contribution in [2.45, 2.75) is 119 Å². The van der Waals surface area contributed by atoms with Crippen LogP contribution in [0, 0.1) is 28.4 Å². The zero-order chi connectivity index (χ0) is 59.3. The van der Waals surface area contributed by atoms with Crippen molar-refractivity contribution in [1.29, 1.82) is 0 Å². The summed E-state index contributed by atoms with van der Waals surface area (Å²) >= 11 is 0. The third-order valence-electron chi connectivity index (χ3n) is 19.7. The molecule has 86 heavy (non-hydrogen) atoms. The van der Waals surface area contributed by atoms with Crippen LogP contribution in [0.4, 0.5) is 34.3 Å². The molecule has 0 bridgehead atoms. The standard InChI is InChI=1S/C64H79N11O10S/c1-42-6-4-5-7-49(42)56-41-70(40-44-32-58(82-3)60(67-39-44)72-26-30-84-31-27-72)24-25-73(56)47-36-64(37-47)19-22-71(23-20-64)46-8-10-50(53(34-46)74-52-15-28-83-29-16-57(52)85-62-55(74)33-45-14-21-65-59(45)68-62)61(76)69-86(80,81)48-9-11-51(54(35-48)75(78)79)66-38-43-12-17-63(2,77)18-13-43/h4-11,14,21,32-35,39,43,47,52,56-57,66,77H,12-13,15-20,22-31,36-38,40-41H2,1-3H3,(H,65,68)(H,69,76)/t43?,52-,56+,57-,63?/m1/s1. The molecule has 21 nitrogen and oxygen atoms in total. The fourth-order valence-electron chi connectivity index (χ4n) is 14.7. The summed E-state index contributed by atoms with van der Waals surface area (Å²) in [5, 5.41) is 26.9. The lowest BCUT2D eigenvalue weighted by Crippen LogP contribution is -2.59. The molecular weight excluding hydrogens is 1110 g/mol. The summed E-state index contributed by atoms with van der Waals surface area (Å²) in [6, 6.07) is 24.6. The third kappa shape index (κ3) is 11.8. The van der Waals surface area contributed by atoms with Gasteiger partial charge in [-0.25, -0.2) is 18.1 Å². The van der Waals surface area contributed by atoms with Crippen LogP contribution in [0.25, 0.3) is 11.0 Å². The van der Waals surface area contributed by atoms with Crippen LogP contribution in [0.3, 0.4) is 0 Å². The number of nitrogens with one attached hydrogen (secondary N) is 3. The van der Waals surface area contributed by atoms with Crippen LogP contribution in [0.1, 0.15) is 104 Å². The van der Waals surface area contributed by atoms with Crippen LogP contribution in [-0.4, -0.2) is 159 Å². The number of anilines is 5. The average molecular weight is 1190 g/mol. The van der Waals surface area contributed by atoms with E-state index in [0.29, 0.717) is 87.6 Å². The third-order valence-corrected chi connectivity index (χ3v) is 21.0. The first-order valence-corrected chi connectivity index (χ1v) is 32.2. The number of piperidine rings is 1. The molecule has 1 spiro atoms. The van der Waals surface area contributed by atoms with Gasteiger partial charge in [0.1, 0.15) is 23.1 Å².